The monoisotopic (exact) mass is 459 g/mol. The first-order valence-corrected chi connectivity index (χ1v) is 11.9. The van der Waals surface area contributed by atoms with E-state index in [-0.39, 0.29) is 12.1 Å². The molecule has 4 heterocycles. The van der Waals surface area contributed by atoms with E-state index < -0.39 is 0 Å². The van der Waals surface area contributed by atoms with Gasteiger partial charge in [-0.05, 0) is 86.9 Å². The summed E-state index contributed by atoms with van der Waals surface area (Å²) < 4.78 is 2.23. The Morgan fingerprint density at radius 3 is 2.50 bits per heavy atom. The first-order chi connectivity index (χ1) is 15.5. The number of nitrogens with one attached hydrogen (secondary N) is 1. The predicted octanol–water partition coefficient (Wildman–Crippen LogP) is 5.74. The van der Waals surface area contributed by atoms with Crippen LogP contribution in [0.5, 0.6) is 0 Å². The average Bonchev–Trinajstić information content (AvgIpc) is 3.49. The molecule has 2 atom stereocenters. The maximum absolute atomic E-state index is 5.89. The minimum Gasteiger partial charge on any atom is -0.351 e. The molecule has 0 saturated carbocycles. The van der Waals surface area contributed by atoms with Crippen LogP contribution >= 0.6 is 23.6 Å². The molecule has 32 heavy (non-hydrogen) atoms. The van der Waals surface area contributed by atoms with Crippen LogP contribution in [0.2, 0.25) is 0 Å². The van der Waals surface area contributed by atoms with Gasteiger partial charge in [-0.1, -0.05) is 12.1 Å². The summed E-state index contributed by atoms with van der Waals surface area (Å²) in [6.07, 6.45) is 3.69. The lowest BCUT2D eigenvalue weighted by Crippen LogP contribution is -2.29. The van der Waals surface area contributed by atoms with E-state index in [4.69, 9.17) is 12.2 Å². The number of anilines is 1. The first-order valence-electron chi connectivity index (χ1n) is 10.6. The molecule has 5 rings (SSSR count). The molecule has 0 radical (unpaired) electrons. The van der Waals surface area contributed by atoms with Crippen molar-refractivity contribution in [2.24, 2.45) is 0 Å². The van der Waals surface area contributed by atoms with Crippen molar-refractivity contribution in [1.82, 2.24) is 19.9 Å². The van der Waals surface area contributed by atoms with Gasteiger partial charge in [-0.2, -0.15) is 0 Å². The zero-order valence-corrected chi connectivity index (χ0v) is 20.2. The van der Waals surface area contributed by atoms with Crippen LogP contribution < -0.4 is 10.2 Å². The summed E-state index contributed by atoms with van der Waals surface area (Å²) in [7, 11) is 0. The fourth-order valence-electron chi connectivity index (χ4n) is 4.53. The third-order valence-electron chi connectivity index (χ3n) is 6.27. The van der Waals surface area contributed by atoms with Crippen LogP contribution in [-0.4, -0.2) is 19.6 Å². The highest BCUT2D eigenvalue weighted by atomic mass is 32.1. The SMILES string of the molecule is Cc1ccc(N2C(=S)NC(c3ccccn3)C2c2cc(C)n(-c3nccs3)c2C)cc1C. The van der Waals surface area contributed by atoms with Gasteiger partial charge in [0.15, 0.2) is 10.2 Å². The van der Waals surface area contributed by atoms with Gasteiger partial charge in [-0.15, -0.1) is 11.3 Å². The first kappa shape index (κ1) is 20.8. The van der Waals surface area contributed by atoms with Crippen LogP contribution in [-0.2, 0) is 0 Å². The summed E-state index contributed by atoms with van der Waals surface area (Å²) in [5, 5.41) is 7.27. The van der Waals surface area contributed by atoms with Crippen LogP contribution in [0.4, 0.5) is 5.69 Å². The molecule has 162 valence electrons. The average molecular weight is 460 g/mol. The fourth-order valence-corrected chi connectivity index (χ4v) is 5.63. The summed E-state index contributed by atoms with van der Waals surface area (Å²) in [5.41, 5.74) is 8.14. The van der Waals surface area contributed by atoms with E-state index in [2.05, 4.69) is 82.8 Å². The molecule has 5 nitrogen and oxygen atoms in total. The second-order valence-electron chi connectivity index (χ2n) is 8.24. The van der Waals surface area contributed by atoms with Crippen LogP contribution in [0.3, 0.4) is 0 Å². The molecule has 4 aromatic rings. The maximum atomic E-state index is 5.89. The van der Waals surface area contributed by atoms with Gasteiger partial charge in [0.2, 0.25) is 0 Å². The molecule has 1 aromatic carbocycles. The van der Waals surface area contributed by atoms with Gasteiger partial charge in [-0.25, -0.2) is 4.98 Å². The summed E-state index contributed by atoms with van der Waals surface area (Å²) in [5.74, 6) is 0. The van der Waals surface area contributed by atoms with Gasteiger partial charge in [0.25, 0.3) is 0 Å². The Morgan fingerprint density at radius 2 is 1.81 bits per heavy atom. The molecule has 3 aromatic heterocycles. The Kier molecular flexibility index (Phi) is 5.31. The molecule has 2 unspecified atom stereocenters. The summed E-state index contributed by atoms with van der Waals surface area (Å²) in [6, 6.07) is 14.8. The van der Waals surface area contributed by atoms with E-state index in [0.29, 0.717) is 5.11 Å². The molecule has 0 aliphatic carbocycles. The van der Waals surface area contributed by atoms with Crippen LogP contribution in [0.25, 0.3) is 5.13 Å². The topological polar surface area (TPSA) is 46.0 Å². The van der Waals surface area contributed by atoms with Gasteiger partial charge >= 0.3 is 0 Å². The molecule has 1 saturated heterocycles. The van der Waals surface area contributed by atoms with Gasteiger partial charge in [0, 0.05) is 34.8 Å². The molecular weight excluding hydrogens is 434 g/mol. The zero-order chi connectivity index (χ0) is 22.4. The van der Waals surface area contributed by atoms with Crippen molar-refractivity contribution in [3.63, 3.8) is 0 Å². The van der Waals surface area contributed by atoms with Crippen molar-refractivity contribution in [2.45, 2.75) is 39.8 Å². The highest BCUT2D eigenvalue weighted by molar-refractivity contribution is 7.80. The number of aromatic nitrogens is 3. The van der Waals surface area contributed by atoms with Crippen molar-refractivity contribution in [3.8, 4) is 5.13 Å². The predicted molar refractivity (Wildman–Crippen MR) is 135 cm³/mol. The van der Waals surface area contributed by atoms with Crippen molar-refractivity contribution in [3.05, 3.63) is 94.0 Å². The number of aryl methyl sites for hydroxylation is 3. The van der Waals surface area contributed by atoms with E-state index in [1.54, 1.807) is 11.3 Å². The Morgan fingerprint density at radius 1 is 0.969 bits per heavy atom. The number of thiazole rings is 1. The third kappa shape index (κ3) is 3.42. The van der Waals surface area contributed by atoms with E-state index in [1.165, 1.54) is 22.4 Å². The molecule has 1 N–H and O–H groups in total. The Bertz CT molecular complexity index is 1280. The maximum Gasteiger partial charge on any atom is 0.193 e. The van der Waals surface area contributed by atoms with E-state index in [9.17, 15) is 0 Å². The van der Waals surface area contributed by atoms with Crippen LogP contribution in [0.15, 0.2) is 60.2 Å². The molecule has 0 amide bonds. The fraction of sp³-hybridized carbons (Fsp3) is 0.240. The molecule has 1 aliphatic rings. The quantitative estimate of drug-likeness (QED) is 0.394. The summed E-state index contributed by atoms with van der Waals surface area (Å²) >= 11 is 7.53. The second-order valence-corrected chi connectivity index (χ2v) is 9.50. The third-order valence-corrected chi connectivity index (χ3v) is 7.34. The van der Waals surface area contributed by atoms with Crippen molar-refractivity contribution in [1.29, 1.82) is 0 Å². The number of pyridine rings is 1. The van der Waals surface area contributed by atoms with Crippen molar-refractivity contribution >= 4 is 34.4 Å². The normalized spacial score (nSPS) is 18.2. The van der Waals surface area contributed by atoms with Gasteiger partial charge in [0.1, 0.15) is 0 Å². The van der Waals surface area contributed by atoms with Crippen LogP contribution in [0.1, 0.15) is 45.9 Å². The molecule has 0 bridgehead atoms. The Hall–Kier alpha value is -3.03. The lowest BCUT2D eigenvalue weighted by Gasteiger charge is -2.28. The van der Waals surface area contributed by atoms with E-state index in [0.717, 1.165) is 22.2 Å². The number of nitrogens with zero attached hydrogens (tertiary/aromatic N) is 4. The molecule has 1 aliphatic heterocycles. The van der Waals surface area contributed by atoms with Gasteiger partial charge in [0.05, 0.1) is 17.8 Å². The van der Waals surface area contributed by atoms with Crippen molar-refractivity contribution in [2.75, 3.05) is 4.90 Å². The van der Waals surface area contributed by atoms with Crippen LogP contribution in [0, 0.1) is 27.7 Å². The number of rotatable bonds is 4. The Labute approximate surface area is 197 Å². The smallest absolute Gasteiger partial charge is 0.193 e. The molecule has 0 spiro atoms. The number of thiocarbonyl (C=S) groups is 1. The molecular formula is C25H25N5S2. The highest BCUT2D eigenvalue weighted by Crippen LogP contribution is 2.44. The number of hydrogen-bond acceptors (Lipinski definition) is 4. The molecule has 1 fully saturated rings. The summed E-state index contributed by atoms with van der Waals surface area (Å²) in [6.45, 7) is 8.58. The van der Waals surface area contributed by atoms with E-state index in [1.807, 2.05) is 29.9 Å². The van der Waals surface area contributed by atoms with E-state index >= 15 is 0 Å². The minimum atomic E-state index is -0.0597. The number of hydrogen-bond donors (Lipinski definition) is 1. The second kappa shape index (κ2) is 8.15. The standard InChI is InChI=1S/C25H25N5S2/c1-15-8-9-19(13-16(15)2)30-23(22(28-24(30)31)21-7-5-6-10-26-21)20-14-17(3)29(18(20)4)25-27-11-12-32-25/h5-14,22-23H,1-4H3,(H,28,31). The lowest BCUT2D eigenvalue weighted by atomic mass is 9.96. The largest absolute Gasteiger partial charge is 0.351 e. The lowest BCUT2D eigenvalue weighted by molar-refractivity contribution is 0.565. The minimum absolute atomic E-state index is 0.0283. The molecule has 7 heteroatoms. The van der Waals surface area contributed by atoms with Crippen molar-refractivity contribution < 1.29 is 0 Å². The summed E-state index contributed by atoms with van der Waals surface area (Å²) in [4.78, 5) is 11.5. The zero-order valence-electron chi connectivity index (χ0n) is 18.5. The van der Waals surface area contributed by atoms with Gasteiger partial charge < -0.3 is 10.2 Å². The number of benzene rings is 1. The van der Waals surface area contributed by atoms with Gasteiger partial charge in [-0.3, -0.25) is 9.55 Å². The highest BCUT2D eigenvalue weighted by Gasteiger charge is 2.42. The Balaban J connectivity index is 1.69.